The Hall–Kier alpha value is -6.03. The van der Waals surface area contributed by atoms with Crippen LogP contribution in [0.3, 0.4) is 0 Å². The van der Waals surface area contributed by atoms with Gasteiger partial charge in [-0.2, -0.15) is 0 Å². The number of benzene rings is 4. The van der Waals surface area contributed by atoms with Crippen LogP contribution < -0.4 is 9.47 Å². The second-order valence-electron chi connectivity index (χ2n) is 12.0. The number of fused-ring (bicyclic) bond motifs is 2. The van der Waals surface area contributed by atoms with Crippen LogP contribution in [-0.2, 0) is 13.2 Å². The van der Waals surface area contributed by atoms with E-state index in [1.165, 1.54) is 24.3 Å². The summed E-state index contributed by atoms with van der Waals surface area (Å²) in [5.41, 5.74) is 4.62. The van der Waals surface area contributed by atoms with Crippen molar-refractivity contribution in [3.63, 3.8) is 0 Å². The van der Waals surface area contributed by atoms with Crippen LogP contribution in [0.4, 0.5) is 8.78 Å². The van der Waals surface area contributed by atoms with Crippen LogP contribution >= 0.6 is 23.2 Å². The quantitative estimate of drug-likeness (QED) is 0.137. The maximum Gasteiger partial charge on any atom is 0.198 e. The number of aromatic amines is 2. The van der Waals surface area contributed by atoms with Crippen molar-refractivity contribution in [2.75, 3.05) is 0 Å². The smallest absolute Gasteiger partial charge is 0.198 e. The molecular formula is C41H26Cl2F2N4O3. The van der Waals surface area contributed by atoms with E-state index in [2.05, 4.69) is 19.9 Å². The molecular weight excluding hydrogens is 705 g/mol. The number of nitrogens with one attached hydrogen (secondary N) is 2. The molecule has 4 aromatic heterocycles. The van der Waals surface area contributed by atoms with Crippen LogP contribution in [0.2, 0.25) is 10.0 Å². The molecule has 0 atom stereocenters. The molecule has 0 radical (unpaired) electrons. The molecule has 4 heterocycles. The van der Waals surface area contributed by atoms with Crippen LogP contribution in [0.15, 0.2) is 122 Å². The Labute approximate surface area is 305 Å². The van der Waals surface area contributed by atoms with Crippen LogP contribution in [-0.4, -0.2) is 25.7 Å². The first-order valence-corrected chi connectivity index (χ1v) is 16.9. The number of ether oxygens (including phenoxy) is 2. The van der Waals surface area contributed by atoms with Crippen molar-refractivity contribution in [3.05, 3.63) is 166 Å². The molecule has 0 aliphatic rings. The molecule has 11 heteroatoms. The Bertz CT molecular complexity index is 2420. The summed E-state index contributed by atoms with van der Waals surface area (Å²) in [5.74, 6) is -1.51. The van der Waals surface area contributed by atoms with Gasteiger partial charge in [0.2, 0.25) is 0 Å². The van der Waals surface area contributed by atoms with E-state index in [-0.39, 0.29) is 35.8 Å². The third kappa shape index (κ3) is 6.48. The number of pyridine rings is 2. The average Bonchev–Trinajstić information content (AvgIpc) is 3.74. The number of carbonyl (C=O) groups excluding carboxylic acids is 1. The predicted octanol–water partition coefficient (Wildman–Crippen LogP) is 10.7. The van der Waals surface area contributed by atoms with Gasteiger partial charge in [0.15, 0.2) is 28.9 Å². The van der Waals surface area contributed by atoms with E-state index in [0.717, 1.165) is 11.1 Å². The molecule has 0 aliphatic heterocycles. The molecule has 0 bridgehead atoms. The zero-order valence-corrected chi connectivity index (χ0v) is 28.6. The Balaban J connectivity index is 1.16. The Morgan fingerprint density at radius 1 is 0.596 bits per heavy atom. The molecule has 0 saturated carbocycles. The number of rotatable bonds is 10. The maximum absolute atomic E-state index is 15.6. The molecule has 0 spiro atoms. The van der Waals surface area contributed by atoms with Gasteiger partial charge < -0.3 is 19.4 Å². The summed E-state index contributed by atoms with van der Waals surface area (Å²) in [5, 5.41) is 2.25. The zero-order chi connectivity index (χ0) is 35.8. The highest BCUT2D eigenvalue weighted by atomic mass is 35.5. The van der Waals surface area contributed by atoms with E-state index in [1.807, 2.05) is 0 Å². The van der Waals surface area contributed by atoms with Gasteiger partial charge in [-0.3, -0.25) is 4.79 Å². The van der Waals surface area contributed by atoms with Gasteiger partial charge in [0.25, 0.3) is 0 Å². The highest BCUT2D eigenvalue weighted by Gasteiger charge is 2.28. The minimum atomic E-state index is -0.609. The average molecular weight is 732 g/mol. The van der Waals surface area contributed by atoms with E-state index >= 15 is 8.78 Å². The standard InChI is InChI=1S/C41H26Cl2F2N4O3/c42-27-11-5-23(6-12-27)21-51-33-15-9-25(19-31(33)44)37-35(29-3-1-17-46-40(29)48-37)39(50)36-30-4-2-18-47-41(30)49-38(36)26-10-16-34(32(45)20-26)52-22-24-7-13-28(43)14-8-24/h1-20H,21-22H2,(H,46,48)(H,47,49). The lowest BCUT2D eigenvalue weighted by atomic mass is 9.94. The molecule has 0 amide bonds. The highest BCUT2D eigenvalue weighted by Crippen LogP contribution is 2.38. The van der Waals surface area contributed by atoms with Crippen LogP contribution in [0.25, 0.3) is 44.6 Å². The Kier molecular flexibility index (Phi) is 8.88. The van der Waals surface area contributed by atoms with Crippen LogP contribution in [0.5, 0.6) is 11.5 Å². The van der Waals surface area contributed by atoms with Gasteiger partial charge in [-0.25, -0.2) is 18.7 Å². The summed E-state index contributed by atoms with van der Waals surface area (Å²) in [6.07, 6.45) is 3.21. The van der Waals surface area contributed by atoms with Gasteiger partial charge in [0, 0.05) is 44.3 Å². The van der Waals surface area contributed by atoms with Crippen molar-refractivity contribution in [1.29, 1.82) is 0 Å². The molecule has 0 aliphatic carbocycles. The number of carbonyl (C=O) groups is 1. The van der Waals surface area contributed by atoms with E-state index in [0.29, 0.717) is 54.6 Å². The maximum atomic E-state index is 15.6. The molecule has 0 unspecified atom stereocenters. The third-order valence-electron chi connectivity index (χ3n) is 8.65. The van der Waals surface area contributed by atoms with Gasteiger partial charge in [-0.05, 0) is 96.1 Å². The largest absolute Gasteiger partial charge is 0.486 e. The van der Waals surface area contributed by atoms with Crippen molar-refractivity contribution in [2.45, 2.75) is 13.2 Å². The number of hydrogen-bond donors (Lipinski definition) is 2. The van der Waals surface area contributed by atoms with E-state index in [1.54, 1.807) is 97.3 Å². The fourth-order valence-corrected chi connectivity index (χ4v) is 6.36. The Morgan fingerprint density at radius 2 is 1.02 bits per heavy atom. The van der Waals surface area contributed by atoms with Crippen molar-refractivity contribution >= 4 is 51.1 Å². The number of aromatic nitrogens is 4. The van der Waals surface area contributed by atoms with Gasteiger partial charge >= 0.3 is 0 Å². The van der Waals surface area contributed by atoms with Gasteiger partial charge in [-0.1, -0.05) is 47.5 Å². The van der Waals surface area contributed by atoms with E-state index < -0.39 is 17.4 Å². The third-order valence-corrected chi connectivity index (χ3v) is 9.16. The van der Waals surface area contributed by atoms with Gasteiger partial charge in [0.05, 0.1) is 22.5 Å². The van der Waals surface area contributed by atoms with Crippen molar-refractivity contribution in [3.8, 4) is 34.0 Å². The second-order valence-corrected chi connectivity index (χ2v) is 12.9. The number of halogens is 4. The molecule has 52 heavy (non-hydrogen) atoms. The summed E-state index contributed by atoms with van der Waals surface area (Å²) in [4.78, 5) is 30.2. The Morgan fingerprint density at radius 3 is 1.42 bits per heavy atom. The molecule has 4 aromatic carbocycles. The van der Waals surface area contributed by atoms with Gasteiger partial charge in [-0.15, -0.1) is 0 Å². The first-order valence-electron chi connectivity index (χ1n) is 16.1. The van der Waals surface area contributed by atoms with Gasteiger partial charge in [0.1, 0.15) is 24.5 Å². The van der Waals surface area contributed by atoms with Crippen molar-refractivity contribution < 1.29 is 23.0 Å². The molecule has 0 saturated heterocycles. The molecule has 256 valence electrons. The van der Waals surface area contributed by atoms with Crippen LogP contribution in [0, 0.1) is 11.6 Å². The lowest BCUT2D eigenvalue weighted by molar-refractivity contribution is 0.104. The van der Waals surface area contributed by atoms with E-state index in [4.69, 9.17) is 32.7 Å². The summed E-state index contributed by atoms with van der Waals surface area (Å²) < 4.78 is 42.7. The molecule has 2 N–H and O–H groups in total. The lowest BCUT2D eigenvalue weighted by Crippen LogP contribution is -2.05. The molecule has 7 nitrogen and oxygen atoms in total. The summed E-state index contributed by atoms with van der Waals surface area (Å²) in [7, 11) is 0. The SMILES string of the molecule is O=C(c1c(-c2ccc(OCc3ccc(Cl)cc3)c(F)c2)[nH]c2ncccc12)c1c(-c2ccc(OCc3ccc(Cl)cc3)c(F)c2)[nH]c2ncccc12. The lowest BCUT2D eigenvalue weighted by Gasteiger charge is -2.11. The molecule has 8 aromatic rings. The van der Waals surface area contributed by atoms with Crippen LogP contribution in [0.1, 0.15) is 27.0 Å². The topological polar surface area (TPSA) is 92.9 Å². The number of ketones is 1. The molecule has 0 fully saturated rings. The fourth-order valence-electron chi connectivity index (χ4n) is 6.10. The fraction of sp³-hybridized carbons (Fsp3) is 0.0488. The zero-order valence-electron chi connectivity index (χ0n) is 27.1. The van der Waals surface area contributed by atoms with E-state index in [9.17, 15) is 4.79 Å². The second kappa shape index (κ2) is 13.9. The number of hydrogen-bond acceptors (Lipinski definition) is 5. The minimum absolute atomic E-state index is 0.0495. The summed E-state index contributed by atoms with van der Waals surface area (Å²) in [6, 6.07) is 30.2. The van der Waals surface area contributed by atoms with Crippen molar-refractivity contribution in [1.82, 2.24) is 19.9 Å². The van der Waals surface area contributed by atoms with Crippen molar-refractivity contribution in [2.24, 2.45) is 0 Å². The summed E-state index contributed by atoms with van der Waals surface area (Å²) >= 11 is 12.0. The number of H-pyrrole nitrogens is 2. The monoisotopic (exact) mass is 730 g/mol. The predicted molar refractivity (Wildman–Crippen MR) is 198 cm³/mol. The minimum Gasteiger partial charge on any atom is -0.486 e. The first-order chi connectivity index (χ1) is 25.3. The number of nitrogens with zero attached hydrogens (tertiary/aromatic N) is 2. The highest BCUT2D eigenvalue weighted by molar-refractivity contribution is 6.31. The molecule has 8 rings (SSSR count). The summed E-state index contributed by atoms with van der Waals surface area (Å²) in [6.45, 7) is 0.280. The normalized spacial score (nSPS) is 11.3. The first kappa shape index (κ1) is 33.1.